The molecule has 0 fully saturated rings. The molecule has 5 heteroatoms. The molecule has 0 aromatic heterocycles. The monoisotopic (exact) mass is 378 g/mol. The van der Waals surface area contributed by atoms with Crippen molar-refractivity contribution in [2.45, 2.75) is 128 Å². The van der Waals surface area contributed by atoms with Gasteiger partial charge in [-0.05, 0) is 32.1 Å². The highest BCUT2D eigenvalue weighted by Crippen LogP contribution is 2.19. The van der Waals surface area contributed by atoms with E-state index in [4.69, 9.17) is 0 Å². The Bertz CT molecular complexity index is 381. The Morgan fingerprint density at radius 2 is 1.04 bits per heavy atom. The minimum absolute atomic E-state index is 0.335. The lowest BCUT2D eigenvalue weighted by Gasteiger charge is -2.15. The number of hydrogen-bond donors (Lipinski definition) is 2. The third-order valence-corrected chi connectivity index (χ3v) is 6.32. The number of rotatable bonds is 18. The molecule has 0 rings (SSSR count). The second-order valence-electron chi connectivity index (χ2n) is 7.48. The van der Waals surface area contributed by atoms with E-state index in [1.807, 2.05) is 0 Å². The van der Waals surface area contributed by atoms with Crippen molar-refractivity contribution in [2.24, 2.45) is 0 Å². The quantitative estimate of drug-likeness (QED) is 0.230. The van der Waals surface area contributed by atoms with Crippen molar-refractivity contribution < 1.29 is 18.1 Å². The first-order chi connectivity index (χ1) is 11.9. The molecular weight excluding hydrogens is 336 g/mol. The number of aliphatic hydroxyl groups excluding tert-OH is 1. The second kappa shape index (κ2) is 16.1. The lowest BCUT2D eigenvalue weighted by atomic mass is 10.0. The van der Waals surface area contributed by atoms with Crippen LogP contribution in [0.1, 0.15) is 117 Å². The summed E-state index contributed by atoms with van der Waals surface area (Å²) in [4.78, 5) is 0. The number of hydrogen-bond acceptors (Lipinski definition) is 3. The third-order valence-electron chi connectivity index (χ3n) is 5.01. The summed E-state index contributed by atoms with van der Waals surface area (Å²) in [7, 11) is -3.96. The van der Waals surface area contributed by atoms with Crippen molar-refractivity contribution in [3.05, 3.63) is 0 Å². The van der Waals surface area contributed by atoms with Gasteiger partial charge in [0.2, 0.25) is 0 Å². The molecule has 2 atom stereocenters. The maximum Gasteiger partial charge on any atom is 0.267 e. The maximum atomic E-state index is 11.5. The van der Waals surface area contributed by atoms with E-state index in [1.165, 1.54) is 38.5 Å². The Kier molecular flexibility index (Phi) is 16.0. The molecule has 0 bridgehead atoms. The fraction of sp³-hybridized carbons (Fsp3) is 1.00. The van der Waals surface area contributed by atoms with Gasteiger partial charge in [0.1, 0.15) is 0 Å². The number of unbranched alkanes of at least 4 members (excludes halogenated alkanes) is 9. The predicted octanol–water partition coefficient (Wildman–Crippen LogP) is 5.89. The molecule has 0 amide bonds. The van der Waals surface area contributed by atoms with Gasteiger partial charge in [0.05, 0.1) is 11.4 Å². The molecule has 2 unspecified atom stereocenters. The first-order valence-corrected chi connectivity index (χ1v) is 12.1. The van der Waals surface area contributed by atoms with Crippen molar-refractivity contribution in [1.29, 1.82) is 0 Å². The summed E-state index contributed by atoms with van der Waals surface area (Å²) >= 11 is 0. The third kappa shape index (κ3) is 15.8. The average Bonchev–Trinajstić information content (AvgIpc) is 2.55. The highest BCUT2D eigenvalue weighted by atomic mass is 32.2. The van der Waals surface area contributed by atoms with Crippen LogP contribution >= 0.6 is 0 Å². The summed E-state index contributed by atoms with van der Waals surface area (Å²) in [5.74, 6) is 0. The van der Waals surface area contributed by atoms with Crippen molar-refractivity contribution >= 4 is 10.1 Å². The lowest BCUT2D eigenvalue weighted by Crippen LogP contribution is -2.21. The molecule has 25 heavy (non-hydrogen) atoms. The molecule has 4 nitrogen and oxygen atoms in total. The topological polar surface area (TPSA) is 74.6 Å². The molecule has 0 saturated carbocycles. The molecule has 0 saturated heterocycles. The van der Waals surface area contributed by atoms with Crippen molar-refractivity contribution in [3.63, 3.8) is 0 Å². The molecule has 2 N–H and O–H groups in total. The van der Waals surface area contributed by atoms with Crippen molar-refractivity contribution in [1.82, 2.24) is 0 Å². The molecular formula is C20H42O4S. The van der Waals surface area contributed by atoms with E-state index in [9.17, 15) is 18.1 Å². The molecule has 0 radical (unpaired) electrons. The van der Waals surface area contributed by atoms with Gasteiger partial charge < -0.3 is 5.11 Å². The minimum Gasteiger partial charge on any atom is -0.393 e. The Morgan fingerprint density at radius 3 is 1.60 bits per heavy atom. The standard InChI is InChI=1S/C20H42O4S/c1-3-5-7-9-10-11-12-15-19(21)16-14-18-20(25(22,23)24)17-13-8-6-4-2/h19-21H,3-18H2,1-2H3,(H,22,23,24). The van der Waals surface area contributed by atoms with E-state index in [0.29, 0.717) is 25.7 Å². The van der Waals surface area contributed by atoms with E-state index in [1.54, 1.807) is 0 Å². The summed E-state index contributed by atoms with van der Waals surface area (Å²) in [6.45, 7) is 4.33. The first kappa shape index (κ1) is 24.9. The van der Waals surface area contributed by atoms with Crippen LogP contribution in [0.4, 0.5) is 0 Å². The zero-order valence-corrected chi connectivity index (χ0v) is 17.4. The van der Waals surface area contributed by atoms with Gasteiger partial charge >= 0.3 is 0 Å². The Hall–Kier alpha value is -0.130. The van der Waals surface area contributed by atoms with Crippen LogP contribution in [0.2, 0.25) is 0 Å². The molecule has 0 aromatic rings. The molecule has 0 aliphatic carbocycles. The van der Waals surface area contributed by atoms with Crippen LogP contribution in [0.5, 0.6) is 0 Å². The van der Waals surface area contributed by atoms with Crippen molar-refractivity contribution in [2.75, 3.05) is 0 Å². The van der Waals surface area contributed by atoms with Crippen LogP contribution < -0.4 is 0 Å². The van der Waals surface area contributed by atoms with E-state index in [0.717, 1.165) is 38.5 Å². The van der Waals surface area contributed by atoms with Gasteiger partial charge in [0.25, 0.3) is 10.1 Å². The van der Waals surface area contributed by atoms with Gasteiger partial charge in [-0.2, -0.15) is 8.42 Å². The molecule has 152 valence electrons. The van der Waals surface area contributed by atoms with Gasteiger partial charge in [-0.3, -0.25) is 4.55 Å². The van der Waals surface area contributed by atoms with Crippen LogP contribution in [0.25, 0.3) is 0 Å². The van der Waals surface area contributed by atoms with Crippen LogP contribution in [0, 0.1) is 0 Å². The van der Waals surface area contributed by atoms with E-state index in [2.05, 4.69) is 13.8 Å². The fourth-order valence-corrected chi connectivity index (χ4v) is 4.23. The van der Waals surface area contributed by atoms with Crippen LogP contribution in [0.3, 0.4) is 0 Å². The van der Waals surface area contributed by atoms with Crippen molar-refractivity contribution in [3.8, 4) is 0 Å². The van der Waals surface area contributed by atoms with Gasteiger partial charge in [-0.25, -0.2) is 0 Å². The SMILES string of the molecule is CCCCCCCCCC(O)CCCC(CCCCCC)S(=O)(=O)O. The normalized spacial score (nSPS) is 14.6. The minimum atomic E-state index is -3.96. The van der Waals surface area contributed by atoms with Crippen LogP contribution in [0.15, 0.2) is 0 Å². The van der Waals surface area contributed by atoms with Gasteiger partial charge in [0.15, 0.2) is 0 Å². The van der Waals surface area contributed by atoms with Gasteiger partial charge in [0, 0.05) is 0 Å². The first-order valence-electron chi connectivity index (χ1n) is 10.6. The fourth-order valence-electron chi connectivity index (χ4n) is 3.30. The molecule has 0 aromatic carbocycles. The smallest absolute Gasteiger partial charge is 0.267 e. The second-order valence-corrected chi connectivity index (χ2v) is 9.18. The van der Waals surface area contributed by atoms with E-state index < -0.39 is 15.4 Å². The van der Waals surface area contributed by atoms with E-state index >= 15 is 0 Å². The molecule has 0 spiro atoms. The highest BCUT2D eigenvalue weighted by Gasteiger charge is 2.22. The Morgan fingerprint density at radius 1 is 0.640 bits per heavy atom. The molecule has 0 heterocycles. The summed E-state index contributed by atoms with van der Waals surface area (Å²) < 4.78 is 32.3. The van der Waals surface area contributed by atoms with E-state index in [-0.39, 0.29) is 6.10 Å². The Labute approximate surface area is 156 Å². The zero-order chi connectivity index (χ0) is 19.0. The van der Waals surface area contributed by atoms with Crippen LogP contribution in [-0.4, -0.2) is 29.4 Å². The van der Waals surface area contributed by atoms with Gasteiger partial charge in [-0.15, -0.1) is 0 Å². The number of aliphatic hydroxyl groups is 1. The Balaban J connectivity index is 3.80. The summed E-state index contributed by atoms with van der Waals surface area (Å²) in [5, 5.41) is 9.38. The average molecular weight is 379 g/mol. The summed E-state index contributed by atoms with van der Waals surface area (Å²) in [6.07, 6.45) is 15.5. The largest absolute Gasteiger partial charge is 0.393 e. The zero-order valence-electron chi connectivity index (χ0n) is 16.6. The summed E-state index contributed by atoms with van der Waals surface area (Å²) in [6, 6.07) is 0. The van der Waals surface area contributed by atoms with Gasteiger partial charge in [-0.1, -0.05) is 84.5 Å². The highest BCUT2D eigenvalue weighted by molar-refractivity contribution is 7.86. The summed E-state index contributed by atoms with van der Waals surface area (Å²) in [5.41, 5.74) is 0. The lowest BCUT2D eigenvalue weighted by molar-refractivity contribution is 0.147. The maximum absolute atomic E-state index is 11.5. The molecule has 0 aliphatic heterocycles. The molecule has 0 aliphatic rings. The van der Waals surface area contributed by atoms with Crippen LogP contribution in [-0.2, 0) is 10.1 Å². The predicted molar refractivity (Wildman–Crippen MR) is 107 cm³/mol.